The highest BCUT2D eigenvalue weighted by Crippen LogP contribution is 2.36. The zero-order valence-corrected chi connectivity index (χ0v) is 11.3. The van der Waals surface area contributed by atoms with Crippen LogP contribution in [0.4, 0.5) is 23.2 Å². The molecule has 2 aromatic rings. The lowest BCUT2D eigenvalue weighted by atomic mass is 10.2. The normalized spacial score (nSPS) is 11.7. The number of benzene rings is 1. The Hall–Kier alpha value is -2.25. The fourth-order valence-electron chi connectivity index (χ4n) is 1.79. The van der Waals surface area contributed by atoms with E-state index in [9.17, 15) is 17.6 Å². The van der Waals surface area contributed by atoms with E-state index in [1.807, 2.05) is 0 Å². The highest BCUT2D eigenvalue weighted by molar-refractivity contribution is 5.54. The summed E-state index contributed by atoms with van der Waals surface area (Å²) in [6.07, 6.45) is -4.80. The number of halogens is 4. The second-order valence-electron chi connectivity index (χ2n) is 4.36. The smallest absolute Gasteiger partial charge is 0.419 e. The zero-order chi connectivity index (χ0) is 15.8. The summed E-state index contributed by atoms with van der Waals surface area (Å²) in [4.78, 5) is 0. The Morgan fingerprint density at radius 1 is 1.33 bits per heavy atom. The highest BCUT2D eigenvalue weighted by Gasteiger charge is 2.34. The molecule has 0 aliphatic heterocycles. The summed E-state index contributed by atoms with van der Waals surface area (Å²) < 4.78 is 58.0. The summed E-state index contributed by atoms with van der Waals surface area (Å²) in [5, 5.41) is 4.08. The Kier molecular flexibility index (Phi) is 3.80. The molecule has 0 aliphatic rings. The van der Waals surface area contributed by atoms with Crippen LogP contribution >= 0.6 is 0 Å². The monoisotopic (exact) mass is 303 g/mol. The Bertz CT molecular complexity index is 664. The van der Waals surface area contributed by atoms with Crippen LogP contribution in [0.5, 0.6) is 11.6 Å². The topological polar surface area (TPSA) is 53.1 Å². The van der Waals surface area contributed by atoms with Crippen LogP contribution in [0.1, 0.15) is 18.2 Å². The number of hydrogen-bond acceptors (Lipinski definition) is 3. The van der Waals surface area contributed by atoms with Gasteiger partial charge in [0.05, 0.1) is 11.3 Å². The third-order valence-corrected chi connectivity index (χ3v) is 2.88. The molecular formula is C13H13F4N3O. The van der Waals surface area contributed by atoms with Gasteiger partial charge in [-0.2, -0.15) is 18.3 Å². The summed E-state index contributed by atoms with van der Waals surface area (Å²) in [6, 6.07) is 2.40. The van der Waals surface area contributed by atoms with Crippen LogP contribution < -0.4 is 10.5 Å². The molecule has 0 atom stereocenters. The van der Waals surface area contributed by atoms with E-state index in [4.69, 9.17) is 10.5 Å². The molecule has 8 heteroatoms. The van der Waals surface area contributed by atoms with Gasteiger partial charge in [-0.3, -0.25) is 0 Å². The molecule has 0 amide bonds. The molecule has 0 aliphatic carbocycles. The maximum Gasteiger partial charge on any atom is 0.419 e. The molecule has 1 heterocycles. The van der Waals surface area contributed by atoms with Crippen molar-refractivity contribution in [2.45, 2.75) is 26.6 Å². The largest absolute Gasteiger partial charge is 0.437 e. The summed E-state index contributed by atoms with van der Waals surface area (Å²) in [6.45, 7) is 3.87. The maximum absolute atomic E-state index is 13.2. The van der Waals surface area contributed by atoms with Crippen molar-refractivity contribution in [3.63, 3.8) is 0 Å². The molecule has 2 N–H and O–H groups in total. The van der Waals surface area contributed by atoms with E-state index < -0.39 is 17.6 Å². The van der Waals surface area contributed by atoms with Crippen molar-refractivity contribution in [3.05, 3.63) is 35.3 Å². The van der Waals surface area contributed by atoms with Gasteiger partial charge in [0.2, 0.25) is 5.88 Å². The first kappa shape index (κ1) is 15.1. The van der Waals surface area contributed by atoms with Gasteiger partial charge < -0.3 is 10.5 Å². The minimum atomic E-state index is -4.80. The molecule has 0 saturated heterocycles. The van der Waals surface area contributed by atoms with Gasteiger partial charge in [0.1, 0.15) is 17.3 Å². The zero-order valence-electron chi connectivity index (χ0n) is 11.3. The van der Waals surface area contributed by atoms with Crippen molar-refractivity contribution in [3.8, 4) is 11.6 Å². The van der Waals surface area contributed by atoms with Crippen molar-refractivity contribution in [2.24, 2.45) is 0 Å². The highest BCUT2D eigenvalue weighted by atomic mass is 19.4. The first-order chi connectivity index (χ1) is 9.74. The van der Waals surface area contributed by atoms with Gasteiger partial charge in [0.15, 0.2) is 0 Å². The lowest BCUT2D eigenvalue weighted by Crippen LogP contribution is -2.08. The molecule has 4 nitrogen and oxygen atoms in total. The number of aromatic nitrogens is 2. The number of rotatable bonds is 3. The maximum atomic E-state index is 13.2. The number of nitrogens with zero attached hydrogens (tertiary/aromatic N) is 2. The lowest BCUT2D eigenvalue weighted by Gasteiger charge is -2.12. The minimum Gasteiger partial charge on any atom is -0.437 e. The molecule has 114 valence electrons. The van der Waals surface area contributed by atoms with E-state index in [1.165, 1.54) is 4.68 Å². The molecule has 21 heavy (non-hydrogen) atoms. The number of hydrogen-bond donors (Lipinski definition) is 1. The van der Waals surface area contributed by atoms with Crippen molar-refractivity contribution in [2.75, 3.05) is 5.73 Å². The van der Waals surface area contributed by atoms with Crippen LogP contribution in [0.25, 0.3) is 0 Å². The van der Waals surface area contributed by atoms with Crippen molar-refractivity contribution in [1.82, 2.24) is 9.78 Å². The Labute approximate surface area is 118 Å². The van der Waals surface area contributed by atoms with Crippen LogP contribution in [0.3, 0.4) is 0 Å². The van der Waals surface area contributed by atoms with E-state index in [-0.39, 0.29) is 17.3 Å². The molecule has 1 aromatic heterocycles. The molecule has 0 fully saturated rings. The standard InChI is InChI=1S/C13H13F4N3O/c1-3-20-12(11(18)7(2)19-20)21-8-4-5-10(14)9(6-8)13(15,16)17/h4-6H,3,18H2,1-2H3. The molecule has 0 saturated carbocycles. The third-order valence-electron chi connectivity index (χ3n) is 2.88. The second-order valence-corrected chi connectivity index (χ2v) is 4.36. The predicted molar refractivity (Wildman–Crippen MR) is 68.5 cm³/mol. The predicted octanol–water partition coefficient (Wildman–Crippen LogP) is 3.74. The SMILES string of the molecule is CCn1nc(C)c(N)c1Oc1ccc(F)c(C(F)(F)F)c1. The molecule has 1 aromatic carbocycles. The molecule has 2 rings (SSSR count). The van der Waals surface area contributed by atoms with Crippen LogP contribution in [-0.2, 0) is 12.7 Å². The van der Waals surface area contributed by atoms with E-state index in [1.54, 1.807) is 13.8 Å². The van der Waals surface area contributed by atoms with Crippen LogP contribution in [-0.4, -0.2) is 9.78 Å². The van der Waals surface area contributed by atoms with Gasteiger partial charge in [-0.25, -0.2) is 9.07 Å². The van der Waals surface area contributed by atoms with Gasteiger partial charge in [0, 0.05) is 6.54 Å². The number of anilines is 1. The Morgan fingerprint density at radius 2 is 2.00 bits per heavy atom. The summed E-state index contributed by atoms with van der Waals surface area (Å²) in [5.74, 6) is -1.39. The van der Waals surface area contributed by atoms with E-state index in [0.717, 1.165) is 6.07 Å². The average molecular weight is 303 g/mol. The molecule has 0 radical (unpaired) electrons. The quantitative estimate of drug-likeness (QED) is 0.879. The summed E-state index contributed by atoms with van der Waals surface area (Å²) in [5.41, 5.74) is 5.12. The Balaban J connectivity index is 2.41. The first-order valence-electron chi connectivity index (χ1n) is 6.11. The molecule has 0 spiro atoms. The van der Waals surface area contributed by atoms with E-state index >= 15 is 0 Å². The number of nitrogen functional groups attached to an aromatic ring is 1. The number of aryl methyl sites for hydroxylation is 2. The van der Waals surface area contributed by atoms with Crippen LogP contribution in [0, 0.1) is 12.7 Å². The fourth-order valence-corrected chi connectivity index (χ4v) is 1.79. The Morgan fingerprint density at radius 3 is 2.57 bits per heavy atom. The van der Waals surface area contributed by atoms with Crippen LogP contribution in [0.15, 0.2) is 18.2 Å². The second kappa shape index (κ2) is 5.27. The number of nitrogens with two attached hydrogens (primary N) is 1. The fraction of sp³-hybridized carbons (Fsp3) is 0.308. The summed E-state index contributed by atoms with van der Waals surface area (Å²) >= 11 is 0. The molecular weight excluding hydrogens is 290 g/mol. The van der Waals surface area contributed by atoms with Crippen molar-refractivity contribution < 1.29 is 22.3 Å². The first-order valence-corrected chi connectivity index (χ1v) is 6.11. The molecule has 0 unspecified atom stereocenters. The van der Waals surface area contributed by atoms with Gasteiger partial charge in [-0.05, 0) is 32.0 Å². The van der Waals surface area contributed by atoms with Gasteiger partial charge in [-0.15, -0.1) is 0 Å². The summed E-state index contributed by atoms with van der Waals surface area (Å²) in [7, 11) is 0. The van der Waals surface area contributed by atoms with Gasteiger partial charge in [-0.1, -0.05) is 0 Å². The number of alkyl halides is 3. The van der Waals surface area contributed by atoms with Crippen molar-refractivity contribution >= 4 is 5.69 Å². The van der Waals surface area contributed by atoms with Gasteiger partial charge in [0.25, 0.3) is 0 Å². The average Bonchev–Trinajstić information content (AvgIpc) is 2.67. The van der Waals surface area contributed by atoms with E-state index in [2.05, 4.69) is 5.10 Å². The van der Waals surface area contributed by atoms with Gasteiger partial charge >= 0.3 is 6.18 Å². The minimum absolute atomic E-state index is 0.134. The lowest BCUT2D eigenvalue weighted by molar-refractivity contribution is -0.140. The number of ether oxygens (including phenoxy) is 1. The van der Waals surface area contributed by atoms with E-state index in [0.29, 0.717) is 24.4 Å². The van der Waals surface area contributed by atoms with Crippen molar-refractivity contribution in [1.29, 1.82) is 0 Å². The molecule has 0 bridgehead atoms. The third kappa shape index (κ3) is 2.93. The van der Waals surface area contributed by atoms with Crippen LogP contribution in [0.2, 0.25) is 0 Å².